The maximum Gasteiger partial charge on any atom is 0.315 e. The summed E-state index contributed by atoms with van der Waals surface area (Å²) < 4.78 is 5.26. The molecule has 0 saturated carbocycles. The summed E-state index contributed by atoms with van der Waals surface area (Å²) in [7, 11) is 3.96. The lowest BCUT2D eigenvalue weighted by atomic mass is 10.1. The van der Waals surface area contributed by atoms with Gasteiger partial charge in [-0.3, -0.25) is 0 Å². The lowest BCUT2D eigenvalue weighted by Crippen LogP contribution is -2.45. The number of ether oxygens (including phenoxy) is 1. The number of carbonyl (C=O) groups excluding carboxylic acids is 1. The van der Waals surface area contributed by atoms with Crippen LogP contribution in [-0.4, -0.2) is 50.8 Å². The van der Waals surface area contributed by atoms with E-state index >= 15 is 0 Å². The second-order valence-electron chi connectivity index (χ2n) is 5.54. The fourth-order valence-electron chi connectivity index (χ4n) is 2.33. The highest BCUT2D eigenvalue weighted by atomic mass is 35.5. The summed E-state index contributed by atoms with van der Waals surface area (Å²) in [5, 5.41) is 6.65. The minimum atomic E-state index is -0.160. The average molecular weight is 312 g/mol. The number of benzene rings is 1. The fourth-order valence-corrected chi connectivity index (χ4v) is 2.45. The average Bonchev–Trinajstić information content (AvgIpc) is 2.91. The number of amides is 2. The Morgan fingerprint density at radius 3 is 2.71 bits per heavy atom. The largest absolute Gasteiger partial charge is 0.379 e. The molecule has 2 N–H and O–H groups in total. The highest BCUT2D eigenvalue weighted by molar-refractivity contribution is 6.30. The number of hydrogen-bond acceptors (Lipinski definition) is 3. The van der Waals surface area contributed by atoms with Crippen LogP contribution in [0, 0.1) is 0 Å². The van der Waals surface area contributed by atoms with Crippen LogP contribution < -0.4 is 10.6 Å². The van der Waals surface area contributed by atoms with Crippen LogP contribution in [0.15, 0.2) is 24.3 Å². The van der Waals surface area contributed by atoms with Crippen LogP contribution in [-0.2, 0) is 4.74 Å². The van der Waals surface area contributed by atoms with Gasteiger partial charge in [0, 0.05) is 18.2 Å². The Morgan fingerprint density at radius 2 is 2.14 bits per heavy atom. The number of hydrogen-bond donors (Lipinski definition) is 2. The minimum Gasteiger partial charge on any atom is -0.379 e. The summed E-state index contributed by atoms with van der Waals surface area (Å²) in [6, 6.07) is 7.42. The molecule has 0 spiro atoms. The Labute approximate surface area is 130 Å². The maximum absolute atomic E-state index is 12.1. The van der Waals surface area contributed by atoms with Crippen molar-refractivity contribution in [1.82, 2.24) is 15.5 Å². The molecule has 2 amide bonds. The van der Waals surface area contributed by atoms with Crippen LogP contribution in [0.25, 0.3) is 0 Å². The zero-order chi connectivity index (χ0) is 15.2. The number of rotatable bonds is 5. The Bertz CT molecular complexity index is 458. The standard InChI is InChI=1S/C15H22ClN3O2/c1-19(2)9-14(11-3-5-12(16)6-4-11)18-15(20)17-13-7-8-21-10-13/h3-6,13-14H,7-10H2,1-2H3,(H2,17,18,20)/t13-,14-/m1/s1. The third-order valence-electron chi connectivity index (χ3n) is 3.39. The molecule has 1 aromatic rings. The molecule has 116 valence electrons. The molecular formula is C15H22ClN3O2. The van der Waals surface area contributed by atoms with Crippen molar-refractivity contribution in [3.05, 3.63) is 34.9 Å². The molecule has 0 unspecified atom stereocenters. The van der Waals surface area contributed by atoms with E-state index in [1.807, 2.05) is 43.3 Å². The first-order chi connectivity index (χ1) is 10.0. The van der Waals surface area contributed by atoms with Gasteiger partial charge in [0.1, 0.15) is 0 Å². The highest BCUT2D eigenvalue weighted by Gasteiger charge is 2.20. The van der Waals surface area contributed by atoms with E-state index in [-0.39, 0.29) is 18.1 Å². The summed E-state index contributed by atoms with van der Waals surface area (Å²) in [6.45, 7) is 2.02. The lowest BCUT2D eigenvalue weighted by molar-refractivity contribution is 0.187. The number of halogens is 1. The Hall–Kier alpha value is -1.30. The van der Waals surface area contributed by atoms with Gasteiger partial charge in [0.2, 0.25) is 0 Å². The number of nitrogens with one attached hydrogen (secondary N) is 2. The van der Waals surface area contributed by atoms with Crippen molar-refractivity contribution in [3.63, 3.8) is 0 Å². The predicted octanol–water partition coefficient (Wildman–Crippen LogP) is 2.03. The molecule has 1 aliphatic rings. The van der Waals surface area contributed by atoms with Crippen LogP contribution >= 0.6 is 11.6 Å². The quantitative estimate of drug-likeness (QED) is 0.875. The molecule has 0 bridgehead atoms. The number of nitrogens with zero attached hydrogens (tertiary/aromatic N) is 1. The van der Waals surface area contributed by atoms with Crippen LogP contribution in [0.2, 0.25) is 5.02 Å². The third kappa shape index (κ3) is 5.19. The Kier molecular flexibility index (Phi) is 5.85. The van der Waals surface area contributed by atoms with E-state index < -0.39 is 0 Å². The van der Waals surface area contributed by atoms with E-state index in [1.54, 1.807) is 0 Å². The molecule has 1 aromatic carbocycles. The van der Waals surface area contributed by atoms with Crippen LogP contribution in [0.5, 0.6) is 0 Å². The van der Waals surface area contributed by atoms with Crippen molar-refractivity contribution in [1.29, 1.82) is 0 Å². The zero-order valence-electron chi connectivity index (χ0n) is 12.4. The SMILES string of the molecule is CN(C)C[C@@H](NC(=O)N[C@@H]1CCOC1)c1ccc(Cl)cc1. The summed E-state index contributed by atoms with van der Waals surface area (Å²) >= 11 is 5.92. The van der Waals surface area contributed by atoms with Gasteiger partial charge in [0.15, 0.2) is 0 Å². The van der Waals surface area contributed by atoms with Crippen LogP contribution in [0.1, 0.15) is 18.0 Å². The summed E-state index contributed by atoms with van der Waals surface area (Å²) in [5.74, 6) is 0. The fraction of sp³-hybridized carbons (Fsp3) is 0.533. The molecule has 2 rings (SSSR count). The molecule has 1 fully saturated rings. The molecule has 0 aromatic heterocycles. The Morgan fingerprint density at radius 1 is 1.43 bits per heavy atom. The molecule has 1 heterocycles. The molecular weight excluding hydrogens is 290 g/mol. The van der Waals surface area contributed by atoms with E-state index in [0.717, 1.165) is 18.5 Å². The normalized spacial score (nSPS) is 19.5. The first-order valence-corrected chi connectivity index (χ1v) is 7.47. The summed E-state index contributed by atoms with van der Waals surface area (Å²) in [4.78, 5) is 14.1. The van der Waals surface area contributed by atoms with Gasteiger partial charge in [-0.25, -0.2) is 4.79 Å². The van der Waals surface area contributed by atoms with Gasteiger partial charge in [-0.2, -0.15) is 0 Å². The van der Waals surface area contributed by atoms with Crippen LogP contribution in [0.3, 0.4) is 0 Å². The molecule has 2 atom stereocenters. The van der Waals surface area contributed by atoms with E-state index in [2.05, 4.69) is 10.6 Å². The van der Waals surface area contributed by atoms with Gasteiger partial charge >= 0.3 is 6.03 Å². The van der Waals surface area contributed by atoms with Crippen molar-refractivity contribution in [3.8, 4) is 0 Å². The zero-order valence-corrected chi connectivity index (χ0v) is 13.2. The summed E-state index contributed by atoms with van der Waals surface area (Å²) in [6.07, 6.45) is 0.868. The summed E-state index contributed by atoms with van der Waals surface area (Å²) in [5.41, 5.74) is 1.03. The second kappa shape index (κ2) is 7.64. The topological polar surface area (TPSA) is 53.6 Å². The number of urea groups is 1. The second-order valence-corrected chi connectivity index (χ2v) is 5.98. The monoisotopic (exact) mass is 311 g/mol. The van der Waals surface area contributed by atoms with Gasteiger partial charge in [-0.15, -0.1) is 0 Å². The van der Waals surface area contributed by atoms with E-state index in [4.69, 9.17) is 16.3 Å². The van der Waals surface area contributed by atoms with Gasteiger partial charge in [0.05, 0.1) is 18.7 Å². The van der Waals surface area contributed by atoms with Gasteiger partial charge in [0.25, 0.3) is 0 Å². The highest BCUT2D eigenvalue weighted by Crippen LogP contribution is 2.17. The van der Waals surface area contributed by atoms with Gasteiger partial charge < -0.3 is 20.3 Å². The maximum atomic E-state index is 12.1. The van der Waals surface area contributed by atoms with E-state index in [0.29, 0.717) is 18.2 Å². The first-order valence-electron chi connectivity index (χ1n) is 7.09. The first kappa shape index (κ1) is 16.1. The molecule has 0 aliphatic carbocycles. The van der Waals surface area contributed by atoms with Crippen molar-refractivity contribution < 1.29 is 9.53 Å². The Balaban J connectivity index is 1.98. The van der Waals surface area contributed by atoms with Crippen molar-refractivity contribution in [2.45, 2.75) is 18.5 Å². The van der Waals surface area contributed by atoms with Gasteiger partial charge in [-0.05, 0) is 38.2 Å². The van der Waals surface area contributed by atoms with Crippen molar-refractivity contribution in [2.75, 3.05) is 33.9 Å². The molecule has 6 heteroatoms. The minimum absolute atomic E-state index is 0.0837. The third-order valence-corrected chi connectivity index (χ3v) is 3.64. The molecule has 1 saturated heterocycles. The lowest BCUT2D eigenvalue weighted by Gasteiger charge is -2.24. The van der Waals surface area contributed by atoms with Crippen molar-refractivity contribution in [2.24, 2.45) is 0 Å². The molecule has 0 radical (unpaired) electrons. The van der Waals surface area contributed by atoms with Gasteiger partial charge in [-0.1, -0.05) is 23.7 Å². The molecule has 5 nitrogen and oxygen atoms in total. The van der Waals surface area contributed by atoms with Crippen molar-refractivity contribution >= 4 is 17.6 Å². The number of carbonyl (C=O) groups is 1. The van der Waals surface area contributed by atoms with E-state index in [1.165, 1.54) is 0 Å². The number of likely N-dealkylation sites (N-methyl/N-ethyl adjacent to an activating group) is 1. The molecule has 1 aliphatic heterocycles. The van der Waals surface area contributed by atoms with Crippen LogP contribution in [0.4, 0.5) is 4.79 Å². The molecule has 21 heavy (non-hydrogen) atoms. The van der Waals surface area contributed by atoms with E-state index in [9.17, 15) is 4.79 Å². The smallest absolute Gasteiger partial charge is 0.315 e. The predicted molar refractivity (Wildman–Crippen MR) is 83.6 cm³/mol.